The van der Waals surface area contributed by atoms with E-state index >= 15 is 0 Å². The van der Waals surface area contributed by atoms with Crippen molar-refractivity contribution in [3.8, 4) is 0 Å². The van der Waals surface area contributed by atoms with Crippen molar-refractivity contribution in [2.75, 3.05) is 0 Å². The highest BCUT2D eigenvalue weighted by molar-refractivity contribution is 6.98. The Kier molecular flexibility index (Phi) is 5.29. The molecule has 3 heteroatoms. The molecule has 156 valence electrons. The molecule has 0 aliphatic heterocycles. The SMILES string of the molecule is CC1(C)C2CC(CCC(C)(C)[Si](O)(c3ccccc3)c3ccccc3)C(N)C1C2. The molecule has 2 nitrogen and oxygen atoms in total. The van der Waals surface area contributed by atoms with E-state index < -0.39 is 8.32 Å². The van der Waals surface area contributed by atoms with Crippen LogP contribution in [-0.2, 0) is 0 Å². The molecule has 0 aromatic heterocycles. The smallest absolute Gasteiger partial charge is 0.258 e. The molecular weight excluding hydrogens is 370 g/mol. The first-order valence-electron chi connectivity index (χ1n) is 11.3. The minimum Gasteiger partial charge on any atom is -0.424 e. The molecule has 0 heterocycles. The number of hydrogen-bond acceptors (Lipinski definition) is 2. The third kappa shape index (κ3) is 3.32. The number of benzene rings is 2. The van der Waals surface area contributed by atoms with Gasteiger partial charge in [0.2, 0.25) is 0 Å². The molecule has 0 saturated heterocycles. The fourth-order valence-electron chi connectivity index (χ4n) is 6.30. The Labute approximate surface area is 177 Å². The zero-order valence-corrected chi connectivity index (χ0v) is 19.4. The molecule has 5 rings (SSSR count). The van der Waals surface area contributed by atoms with Crippen LogP contribution in [0.1, 0.15) is 53.4 Å². The molecule has 0 radical (unpaired) electrons. The van der Waals surface area contributed by atoms with Crippen LogP contribution in [0.5, 0.6) is 0 Å². The van der Waals surface area contributed by atoms with E-state index in [4.69, 9.17) is 5.73 Å². The van der Waals surface area contributed by atoms with Crippen molar-refractivity contribution in [1.82, 2.24) is 0 Å². The van der Waals surface area contributed by atoms with Crippen LogP contribution in [-0.4, -0.2) is 19.2 Å². The topological polar surface area (TPSA) is 46.2 Å². The second kappa shape index (κ2) is 7.37. The molecule has 0 spiro atoms. The summed E-state index contributed by atoms with van der Waals surface area (Å²) >= 11 is 0. The Hall–Kier alpha value is -1.42. The highest BCUT2D eigenvalue weighted by Gasteiger charge is 2.57. The van der Waals surface area contributed by atoms with Gasteiger partial charge in [0.25, 0.3) is 8.32 Å². The normalized spacial score (nSPS) is 28.6. The first-order chi connectivity index (χ1) is 13.7. The minimum absolute atomic E-state index is 0.174. The quantitative estimate of drug-likeness (QED) is 0.701. The Morgan fingerprint density at radius 2 is 1.48 bits per heavy atom. The summed E-state index contributed by atoms with van der Waals surface area (Å²) in [4.78, 5) is 12.3. The summed E-state index contributed by atoms with van der Waals surface area (Å²) in [5.74, 6) is 2.10. The van der Waals surface area contributed by atoms with Crippen molar-refractivity contribution < 1.29 is 4.80 Å². The van der Waals surface area contributed by atoms with Gasteiger partial charge in [-0.2, -0.15) is 0 Å². The predicted molar refractivity (Wildman–Crippen MR) is 125 cm³/mol. The molecule has 3 saturated carbocycles. The van der Waals surface area contributed by atoms with Crippen LogP contribution in [0.2, 0.25) is 5.04 Å². The van der Waals surface area contributed by atoms with Gasteiger partial charge in [-0.1, -0.05) is 88.4 Å². The Morgan fingerprint density at radius 3 is 1.93 bits per heavy atom. The highest BCUT2D eigenvalue weighted by Crippen LogP contribution is 2.61. The lowest BCUT2D eigenvalue weighted by Gasteiger charge is -2.62. The summed E-state index contributed by atoms with van der Waals surface area (Å²) < 4.78 is 0. The maximum absolute atomic E-state index is 12.3. The van der Waals surface area contributed by atoms with Crippen LogP contribution >= 0.6 is 0 Å². The predicted octanol–water partition coefficient (Wildman–Crippen LogP) is 4.31. The van der Waals surface area contributed by atoms with Gasteiger partial charge in [0.05, 0.1) is 0 Å². The van der Waals surface area contributed by atoms with Gasteiger partial charge in [-0.05, 0) is 64.3 Å². The second-order valence-electron chi connectivity index (χ2n) is 10.8. The van der Waals surface area contributed by atoms with E-state index in [1.807, 2.05) is 12.1 Å². The first kappa shape index (κ1) is 20.8. The number of rotatable bonds is 6. The van der Waals surface area contributed by atoms with E-state index in [2.05, 4.69) is 76.2 Å². The molecule has 4 unspecified atom stereocenters. The summed E-state index contributed by atoms with van der Waals surface area (Å²) in [6.07, 6.45) is 4.71. The van der Waals surface area contributed by atoms with Crippen molar-refractivity contribution in [1.29, 1.82) is 0 Å². The van der Waals surface area contributed by atoms with Gasteiger partial charge in [-0.3, -0.25) is 0 Å². The van der Waals surface area contributed by atoms with E-state index in [0.717, 1.165) is 29.1 Å². The van der Waals surface area contributed by atoms with E-state index in [0.29, 0.717) is 23.3 Å². The number of fused-ring (bicyclic) bond motifs is 2. The van der Waals surface area contributed by atoms with Crippen molar-refractivity contribution in [3.63, 3.8) is 0 Å². The molecule has 4 atom stereocenters. The molecule has 3 aliphatic carbocycles. The number of hydrogen-bond donors (Lipinski definition) is 2. The monoisotopic (exact) mass is 407 g/mol. The third-order valence-corrected chi connectivity index (χ3v) is 13.2. The van der Waals surface area contributed by atoms with E-state index in [9.17, 15) is 4.80 Å². The van der Waals surface area contributed by atoms with E-state index in [1.54, 1.807) is 0 Å². The number of nitrogens with two attached hydrogens (primary N) is 1. The molecule has 2 aromatic rings. The van der Waals surface area contributed by atoms with Gasteiger partial charge >= 0.3 is 0 Å². The summed E-state index contributed by atoms with van der Waals surface area (Å²) in [5, 5.41) is 2.04. The molecule has 29 heavy (non-hydrogen) atoms. The van der Waals surface area contributed by atoms with Crippen LogP contribution in [0.25, 0.3) is 0 Å². The van der Waals surface area contributed by atoms with Crippen LogP contribution in [0.15, 0.2) is 60.7 Å². The van der Waals surface area contributed by atoms with Gasteiger partial charge in [0.15, 0.2) is 0 Å². The van der Waals surface area contributed by atoms with Gasteiger partial charge in [0, 0.05) is 6.04 Å². The average molecular weight is 408 g/mol. The highest BCUT2D eigenvalue weighted by atomic mass is 28.4. The molecule has 2 aromatic carbocycles. The fourth-order valence-corrected chi connectivity index (χ4v) is 10.1. The molecule has 2 bridgehead atoms. The largest absolute Gasteiger partial charge is 0.424 e. The van der Waals surface area contributed by atoms with Gasteiger partial charge in [-0.15, -0.1) is 0 Å². The van der Waals surface area contributed by atoms with Crippen LogP contribution in [0.3, 0.4) is 0 Å². The maximum atomic E-state index is 12.3. The second-order valence-corrected chi connectivity index (χ2v) is 14.7. The lowest BCUT2D eigenvalue weighted by molar-refractivity contribution is -0.106. The summed E-state index contributed by atoms with van der Waals surface area (Å²) in [7, 11) is -2.91. The summed E-state index contributed by atoms with van der Waals surface area (Å²) in [5.41, 5.74) is 7.17. The van der Waals surface area contributed by atoms with Crippen LogP contribution in [0.4, 0.5) is 0 Å². The first-order valence-corrected chi connectivity index (χ1v) is 13.2. The average Bonchev–Trinajstić information content (AvgIpc) is 2.73. The van der Waals surface area contributed by atoms with E-state index in [1.165, 1.54) is 12.8 Å². The van der Waals surface area contributed by atoms with E-state index in [-0.39, 0.29) is 5.04 Å². The Balaban J connectivity index is 1.58. The molecule has 3 N–H and O–H groups in total. The van der Waals surface area contributed by atoms with Crippen molar-refractivity contribution in [2.45, 2.75) is 64.5 Å². The van der Waals surface area contributed by atoms with Crippen molar-refractivity contribution in [2.24, 2.45) is 28.9 Å². The third-order valence-electron chi connectivity index (χ3n) is 8.65. The van der Waals surface area contributed by atoms with Gasteiger partial charge in [0.1, 0.15) is 0 Å². The zero-order valence-electron chi connectivity index (χ0n) is 18.4. The Morgan fingerprint density at radius 1 is 0.966 bits per heavy atom. The Bertz CT molecular complexity index is 793. The summed E-state index contributed by atoms with van der Waals surface area (Å²) in [6, 6.07) is 21.1. The van der Waals surface area contributed by atoms with Crippen molar-refractivity contribution in [3.05, 3.63) is 60.7 Å². The fraction of sp³-hybridized carbons (Fsp3) is 0.538. The molecular formula is C26H37NOSi. The van der Waals surface area contributed by atoms with Gasteiger partial charge in [-0.25, -0.2) is 0 Å². The molecule has 3 fully saturated rings. The molecule has 0 amide bonds. The zero-order chi connectivity index (χ0) is 20.9. The lowest BCUT2D eigenvalue weighted by Crippen LogP contribution is -2.65. The lowest BCUT2D eigenvalue weighted by atomic mass is 9.45. The van der Waals surface area contributed by atoms with Crippen LogP contribution < -0.4 is 16.1 Å². The standard InChI is InChI=1S/C26H37NOSi/c1-25(2,16-15-19-17-20-18-23(24(19)27)26(20,3)4)29(28,21-11-7-5-8-12-21)22-13-9-6-10-14-22/h5-14,19-20,23-24,28H,15-18,27H2,1-4H3. The molecule has 3 aliphatic rings. The maximum Gasteiger partial charge on any atom is 0.258 e. The van der Waals surface area contributed by atoms with Crippen LogP contribution in [0, 0.1) is 23.2 Å². The van der Waals surface area contributed by atoms with Gasteiger partial charge < -0.3 is 10.5 Å². The summed E-state index contributed by atoms with van der Waals surface area (Å²) in [6.45, 7) is 9.36. The minimum atomic E-state index is -2.91. The van der Waals surface area contributed by atoms with Crippen molar-refractivity contribution >= 4 is 18.7 Å².